The van der Waals surface area contributed by atoms with Gasteiger partial charge in [0.05, 0.1) is 22.8 Å². The first-order chi connectivity index (χ1) is 7.33. The van der Waals surface area contributed by atoms with E-state index >= 15 is 0 Å². The number of fused-ring (bicyclic) bond motifs is 2. The zero-order valence-corrected chi connectivity index (χ0v) is 8.20. The van der Waals surface area contributed by atoms with Gasteiger partial charge in [-0.2, -0.15) is 0 Å². The molecule has 0 amide bonds. The van der Waals surface area contributed by atoms with Gasteiger partial charge in [0.2, 0.25) is 0 Å². The fourth-order valence-electron chi connectivity index (χ4n) is 1.81. The first-order valence-electron chi connectivity index (χ1n) is 4.93. The van der Waals surface area contributed by atoms with Gasteiger partial charge in [-0.25, -0.2) is 4.99 Å². The molecule has 0 fully saturated rings. The Labute approximate surface area is 88.0 Å². The van der Waals surface area contributed by atoms with Gasteiger partial charge >= 0.3 is 0 Å². The third-order valence-corrected chi connectivity index (χ3v) is 2.58. The minimum Gasteiger partial charge on any atom is -0.402 e. The summed E-state index contributed by atoms with van der Waals surface area (Å²) in [6.07, 6.45) is 4.63. The van der Waals surface area contributed by atoms with E-state index in [4.69, 9.17) is 5.73 Å². The van der Waals surface area contributed by atoms with Crippen LogP contribution in [0.25, 0.3) is 0 Å². The minimum absolute atomic E-state index is 0.729. The zero-order valence-electron chi connectivity index (χ0n) is 8.20. The molecule has 0 saturated carbocycles. The zero-order chi connectivity index (χ0) is 10.3. The molecule has 3 rings (SSSR count). The molecule has 0 aromatic heterocycles. The van der Waals surface area contributed by atoms with Gasteiger partial charge in [-0.1, -0.05) is 12.1 Å². The van der Waals surface area contributed by atoms with Gasteiger partial charge in [-0.05, 0) is 24.3 Å². The van der Waals surface area contributed by atoms with Crippen LogP contribution in [-0.2, 0) is 0 Å². The van der Waals surface area contributed by atoms with Crippen LogP contribution in [0.5, 0.6) is 0 Å². The SMILES string of the molecule is NC1=CC=C2Nc3ccccc3N=C2C1. The van der Waals surface area contributed by atoms with Crippen LogP contribution in [0.15, 0.2) is 52.8 Å². The van der Waals surface area contributed by atoms with E-state index in [9.17, 15) is 0 Å². The predicted molar refractivity (Wildman–Crippen MR) is 62.1 cm³/mol. The van der Waals surface area contributed by atoms with Crippen molar-refractivity contribution in [2.45, 2.75) is 6.42 Å². The second kappa shape index (κ2) is 2.98. The molecule has 74 valence electrons. The average molecular weight is 197 g/mol. The Balaban J connectivity index is 2.11. The lowest BCUT2D eigenvalue weighted by Gasteiger charge is -2.22. The lowest BCUT2D eigenvalue weighted by Crippen LogP contribution is -2.20. The van der Waals surface area contributed by atoms with Crippen LogP contribution in [0.1, 0.15) is 6.42 Å². The van der Waals surface area contributed by atoms with Crippen LogP contribution in [0, 0.1) is 0 Å². The van der Waals surface area contributed by atoms with E-state index in [1.165, 1.54) is 0 Å². The topological polar surface area (TPSA) is 50.4 Å². The molecule has 3 N–H and O–H groups in total. The van der Waals surface area contributed by atoms with Crippen LogP contribution in [-0.4, -0.2) is 5.71 Å². The summed E-state index contributed by atoms with van der Waals surface area (Å²) < 4.78 is 0. The van der Waals surface area contributed by atoms with Gasteiger partial charge in [0.15, 0.2) is 0 Å². The highest BCUT2D eigenvalue weighted by Gasteiger charge is 2.18. The van der Waals surface area contributed by atoms with Crippen LogP contribution < -0.4 is 11.1 Å². The molecule has 0 bridgehead atoms. The van der Waals surface area contributed by atoms with Crippen LogP contribution in [0.3, 0.4) is 0 Å². The van der Waals surface area contributed by atoms with Gasteiger partial charge in [-0.15, -0.1) is 0 Å². The highest BCUT2D eigenvalue weighted by Crippen LogP contribution is 2.32. The predicted octanol–water partition coefficient (Wildman–Crippen LogP) is 2.31. The van der Waals surface area contributed by atoms with Crippen molar-refractivity contribution in [2.75, 3.05) is 5.32 Å². The fourth-order valence-corrected chi connectivity index (χ4v) is 1.81. The number of hydrogen-bond donors (Lipinski definition) is 2. The number of nitrogens with zero attached hydrogens (tertiary/aromatic N) is 1. The maximum absolute atomic E-state index is 5.77. The van der Waals surface area contributed by atoms with Gasteiger partial charge in [0.1, 0.15) is 0 Å². The van der Waals surface area contributed by atoms with E-state index in [2.05, 4.69) is 10.3 Å². The van der Waals surface area contributed by atoms with Gasteiger partial charge in [0, 0.05) is 12.1 Å². The molecule has 3 nitrogen and oxygen atoms in total. The number of hydrogen-bond acceptors (Lipinski definition) is 3. The highest BCUT2D eigenvalue weighted by molar-refractivity contribution is 6.09. The van der Waals surface area contributed by atoms with Crippen molar-refractivity contribution in [3.8, 4) is 0 Å². The number of allylic oxidation sites excluding steroid dienone is 4. The molecule has 1 aromatic rings. The summed E-state index contributed by atoms with van der Waals surface area (Å²) in [5.74, 6) is 0. The van der Waals surface area contributed by atoms with Gasteiger partial charge in [-0.3, -0.25) is 0 Å². The molecular formula is C12H11N3. The van der Waals surface area contributed by atoms with Crippen molar-refractivity contribution in [3.05, 3.63) is 47.8 Å². The second-order valence-electron chi connectivity index (χ2n) is 3.70. The smallest absolute Gasteiger partial charge is 0.0868 e. The number of nitrogens with one attached hydrogen (secondary N) is 1. The van der Waals surface area contributed by atoms with E-state index in [0.29, 0.717) is 0 Å². The standard InChI is InChI=1S/C12H11N3/c13-8-5-6-11-12(7-8)15-10-4-2-1-3-9(10)14-11/h1-6,14H,7,13H2. The van der Waals surface area contributed by atoms with Gasteiger partial charge < -0.3 is 11.1 Å². The molecule has 0 saturated heterocycles. The molecule has 1 heterocycles. The Morgan fingerprint density at radius 1 is 1.20 bits per heavy atom. The number of rotatable bonds is 0. The molecule has 1 aliphatic carbocycles. The van der Waals surface area contributed by atoms with Crippen molar-refractivity contribution in [1.82, 2.24) is 0 Å². The largest absolute Gasteiger partial charge is 0.402 e. The molecule has 2 aliphatic rings. The summed E-state index contributed by atoms with van der Waals surface area (Å²) in [5.41, 5.74) is 10.8. The summed E-state index contributed by atoms with van der Waals surface area (Å²) >= 11 is 0. The maximum atomic E-state index is 5.77. The molecular weight excluding hydrogens is 186 g/mol. The Morgan fingerprint density at radius 2 is 2.07 bits per heavy atom. The number of nitrogens with two attached hydrogens (primary N) is 1. The lowest BCUT2D eigenvalue weighted by atomic mass is 10.0. The van der Waals surface area contributed by atoms with Crippen molar-refractivity contribution >= 4 is 17.1 Å². The van der Waals surface area contributed by atoms with Crippen LogP contribution in [0.4, 0.5) is 11.4 Å². The lowest BCUT2D eigenvalue weighted by molar-refractivity contribution is 1.16. The number of anilines is 1. The average Bonchev–Trinajstić information content (AvgIpc) is 2.26. The van der Waals surface area contributed by atoms with E-state index < -0.39 is 0 Å². The molecule has 15 heavy (non-hydrogen) atoms. The normalized spacial score (nSPS) is 17.7. The fraction of sp³-hybridized carbons (Fsp3) is 0.0833. The summed E-state index contributed by atoms with van der Waals surface area (Å²) in [6, 6.07) is 8.01. The summed E-state index contributed by atoms with van der Waals surface area (Å²) in [6.45, 7) is 0. The molecule has 1 aromatic carbocycles. The monoisotopic (exact) mass is 197 g/mol. The number of para-hydroxylation sites is 2. The molecule has 0 unspecified atom stereocenters. The van der Waals surface area contributed by atoms with Crippen LogP contribution in [0.2, 0.25) is 0 Å². The van der Waals surface area contributed by atoms with Crippen molar-refractivity contribution in [1.29, 1.82) is 0 Å². The van der Waals surface area contributed by atoms with Crippen LogP contribution >= 0.6 is 0 Å². The first kappa shape index (κ1) is 8.29. The summed E-state index contributed by atoms with van der Waals surface area (Å²) in [5, 5.41) is 3.35. The molecule has 0 radical (unpaired) electrons. The third kappa shape index (κ3) is 1.32. The van der Waals surface area contributed by atoms with E-state index in [0.717, 1.165) is 34.9 Å². The molecule has 0 atom stereocenters. The van der Waals surface area contributed by atoms with Crippen molar-refractivity contribution in [2.24, 2.45) is 10.7 Å². The maximum Gasteiger partial charge on any atom is 0.0868 e. The summed E-state index contributed by atoms with van der Waals surface area (Å²) in [7, 11) is 0. The molecule has 0 spiro atoms. The Morgan fingerprint density at radius 3 is 3.00 bits per heavy atom. The molecule has 1 aliphatic heterocycles. The molecule has 3 heteroatoms. The second-order valence-corrected chi connectivity index (χ2v) is 3.70. The Hall–Kier alpha value is -2.03. The van der Waals surface area contributed by atoms with Crippen molar-refractivity contribution < 1.29 is 0 Å². The quantitative estimate of drug-likeness (QED) is 0.670. The minimum atomic E-state index is 0.729. The summed E-state index contributed by atoms with van der Waals surface area (Å²) in [4.78, 5) is 4.58. The van der Waals surface area contributed by atoms with E-state index in [-0.39, 0.29) is 0 Å². The number of benzene rings is 1. The van der Waals surface area contributed by atoms with E-state index in [1.807, 2.05) is 36.4 Å². The highest BCUT2D eigenvalue weighted by atomic mass is 15.0. The van der Waals surface area contributed by atoms with Crippen molar-refractivity contribution in [3.63, 3.8) is 0 Å². The van der Waals surface area contributed by atoms with E-state index in [1.54, 1.807) is 0 Å². The third-order valence-electron chi connectivity index (χ3n) is 2.58. The first-order valence-corrected chi connectivity index (χ1v) is 4.93. The van der Waals surface area contributed by atoms with Gasteiger partial charge in [0.25, 0.3) is 0 Å². The Kier molecular flexibility index (Phi) is 1.65. The Bertz CT molecular complexity index is 509. The number of aliphatic imine (C=N–C) groups is 1.